The molecule has 6 N–H and O–H groups in total. The van der Waals surface area contributed by atoms with E-state index in [1.165, 1.54) is 4.90 Å². The maximum atomic E-state index is 13.7. The Bertz CT molecular complexity index is 1740. The maximum Gasteiger partial charge on any atom is 0.272 e. The van der Waals surface area contributed by atoms with Gasteiger partial charge in [0.05, 0.1) is 65.5 Å². The van der Waals surface area contributed by atoms with Crippen molar-refractivity contribution in [3.8, 4) is 11.1 Å². The highest BCUT2D eigenvalue weighted by atomic mass is 19.2. The van der Waals surface area contributed by atoms with Crippen LogP contribution in [-0.4, -0.2) is 94.0 Å². The van der Waals surface area contributed by atoms with Crippen molar-refractivity contribution in [2.75, 3.05) is 50.5 Å². The number of fused-ring (bicyclic) bond motifs is 3. The number of aliphatic hydroxyl groups is 1. The standard InChI is InChI=1S/C33H40F2N10O2/c1-4-29-32-22(21-8-6-9-26(31(21)42(29)3)41-28(25(36)18-46)11-30(37)38-2)12-39-45(32)20-14-43(15-20)13-19-7-5-10-27(40-19)33(47)44-16-23(34)24(35)17-44/h5-12,18,20,23-24,29,41,46H,4,13-17,36H2,1-3H3,(H2,37,38)/b25-18+,28-11+. The van der Waals surface area contributed by atoms with Crippen LogP contribution in [0.4, 0.5) is 20.2 Å². The molecule has 0 radical (unpaired) electrons. The van der Waals surface area contributed by atoms with Crippen LogP contribution < -0.4 is 21.7 Å². The number of aliphatic imine (C=N–C) groups is 1. The van der Waals surface area contributed by atoms with Gasteiger partial charge in [-0.15, -0.1) is 0 Å². The monoisotopic (exact) mass is 646 g/mol. The molecule has 248 valence electrons. The molecule has 1 aromatic carbocycles. The summed E-state index contributed by atoms with van der Waals surface area (Å²) in [5, 5.41) is 17.9. The first-order chi connectivity index (χ1) is 22.6. The topological polar surface area (TPSA) is 154 Å². The molecule has 0 saturated carbocycles. The Kier molecular flexibility index (Phi) is 8.86. The highest BCUT2D eigenvalue weighted by molar-refractivity contribution is 5.95. The van der Waals surface area contributed by atoms with Crippen molar-refractivity contribution in [3.05, 3.63) is 83.4 Å². The summed E-state index contributed by atoms with van der Waals surface area (Å²) in [6.07, 6.45) is 1.85. The molecule has 3 unspecified atom stereocenters. The Labute approximate surface area is 272 Å². The zero-order chi connectivity index (χ0) is 33.4. The van der Waals surface area contributed by atoms with Crippen molar-refractivity contribution in [2.24, 2.45) is 16.5 Å². The van der Waals surface area contributed by atoms with Crippen LogP contribution in [0.2, 0.25) is 0 Å². The third-order valence-electron chi connectivity index (χ3n) is 9.12. The Balaban J connectivity index is 1.20. The number of aromatic nitrogens is 3. The van der Waals surface area contributed by atoms with Crippen LogP contribution in [-0.2, 0) is 6.54 Å². The van der Waals surface area contributed by atoms with E-state index in [0.29, 0.717) is 12.2 Å². The lowest BCUT2D eigenvalue weighted by molar-refractivity contribution is 0.0767. The fraction of sp³-hybridized carbons (Fsp3) is 0.394. The molecule has 0 aliphatic carbocycles. The number of aliphatic hydroxyl groups excluding tert-OH is 1. The number of hydrogen-bond acceptors (Lipinski definition) is 9. The number of alkyl halides is 2. The van der Waals surface area contributed by atoms with Gasteiger partial charge in [0.15, 0.2) is 12.3 Å². The molecule has 0 spiro atoms. The molecule has 2 fully saturated rings. The SMILES string of the molecule is CCC1c2c(cnn2C2CN(Cc3cccc(C(=O)N4CC(F)C(F)C4)n3)C2)-c2cccc(NC(=C/C(N)=NC)/C(N)=C\O)c2N1C. The van der Waals surface area contributed by atoms with E-state index in [9.17, 15) is 18.7 Å². The minimum atomic E-state index is -1.66. The minimum absolute atomic E-state index is 0.0419. The number of nitrogens with zero attached hydrogens (tertiary/aromatic N) is 7. The molecule has 1 amide bonds. The Morgan fingerprint density at radius 1 is 1.11 bits per heavy atom. The number of nitrogens with one attached hydrogen (secondary N) is 1. The van der Waals surface area contributed by atoms with Gasteiger partial charge in [-0.3, -0.25) is 19.4 Å². The van der Waals surface area contributed by atoms with Gasteiger partial charge in [-0.2, -0.15) is 5.10 Å². The third-order valence-corrected chi connectivity index (χ3v) is 9.12. The summed E-state index contributed by atoms with van der Waals surface area (Å²) in [5.74, 6) is -0.196. The molecule has 3 aromatic rings. The van der Waals surface area contributed by atoms with Gasteiger partial charge in [0.2, 0.25) is 0 Å². The van der Waals surface area contributed by atoms with E-state index in [1.807, 2.05) is 24.4 Å². The lowest BCUT2D eigenvalue weighted by Crippen LogP contribution is -2.48. The van der Waals surface area contributed by atoms with Crippen molar-refractivity contribution in [1.82, 2.24) is 24.6 Å². The van der Waals surface area contributed by atoms with Gasteiger partial charge in [-0.25, -0.2) is 13.8 Å². The Hall–Kier alpha value is -4.98. The fourth-order valence-corrected chi connectivity index (χ4v) is 6.66. The normalized spacial score (nSPS) is 22.2. The molecule has 0 bridgehead atoms. The van der Waals surface area contributed by atoms with E-state index in [0.717, 1.165) is 59.7 Å². The number of hydrogen-bond donors (Lipinski definition) is 4. The molecule has 3 atom stereocenters. The minimum Gasteiger partial charge on any atom is -0.513 e. The maximum absolute atomic E-state index is 13.7. The van der Waals surface area contributed by atoms with E-state index < -0.39 is 18.3 Å². The van der Waals surface area contributed by atoms with Crippen molar-refractivity contribution < 1.29 is 18.7 Å². The van der Waals surface area contributed by atoms with Gasteiger partial charge in [-0.1, -0.05) is 25.1 Å². The number of para-hydroxylation sites is 1. The van der Waals surface area contributed by atoms with Crippen molar-refractivity contribution in [1.29, 1.82) is 0 Å². The summed E-state index contributed by atoms with van der Waals surface area (Å²) in [6, 6.07) is 11.4. The first kappa shape index (κ1) is 32.0. The van der Waals surface area contributed by atoms with Crippen molar-refractivity contribution in [2.45, 2.75) is 44.3 Å². The first-order valence-electron chi connectivity index (χ1n) is 15.6. The third kappa shape index (κ3) is 6.00. The average molecular weight is 647 g/mol. The quantitative estimate of drug-likeness (QED) is 0.118. The second kappa shape index (κ2) is 13.0. The fourth-order valence-electron chi connectivity index (χ4n) is 6.66. The summed E-state index contributed by atoms with van der Waals surface area (Å²) >= 11 is 0. The number of nitrogens with two attached hydrogens (primary N) is 2. The predicted octanol–water partition coefficient (Wildman–Crippen LogP) is 3.68. The number of halogens is 2. The highest BCUT2D eigenvalue weighted by Gasteiger charge is 2.39. The molecule has 47 heavy (non-hydrogen) atoms. The molecule has 14 heteroatoms. The Morgan fingerprint density at radius 3 is 2.51 bits per heavy atom. The summed E-state index contributed by atoms with van der Waals surface area (Å²) < 4.78 is 29.5. The van der Waals surface area contributed by atoms with E-state index in [1.54, 1.807) is 25.3 Å². The van der Waals surface area contributed by atoms with Gasteiger partial charge in [0, 0.05) is 50.9 Å². The molecule has 5 heterocycles. The number of benzene rings is 1. The molecule has 2 aromatic heterocycles. The van der Waals surface area contributed by atoms with Crippen LogP contribution >= 0.6 is 0 Å². The number of amidine groups is 1. The zero-order valence-electron chi connectivity index (χ0n) is 26.6. The van der Waals surface area contributed by atoms with Gasteiger partial charge < -0.3 is 31.7 Å². The summed E-state index contributed by atoms with van der Waals surface area (Å²) in [6.45, 7) is 3.70. The lowest BCUT2D eigenvalue weighted by Gasteiger charge is -2.43. The number of anilines is 2. The van der Waals surface area contributed by atoms with Gasteiger partial charge in [0.25, 0.3) is 5.91 Å². The van der Waals surface area contributed by atoms with Crippen LogP contribution in [0.1, 0.15) is 47.3 Å². The smallest absolute Gasteiger partial charge is 0.272 e. The molecular formula is C33H40F2N10O2. The highest BCUT2D eigenvalue weighted by Crippen LogP contribution is 2.49. The molecule has 2 saturated heterocycles. The number of pyridine rings is 1. The van der Waals surface area contributed by atoms with E-state index in [-0.39, 0.29) is 42.4 Å². The predicted molar refractivity (Wildman–Crippen MR) is 177 cm³/mol. The van der Waals surface area contributed by atoms with Crippen LogP contribution in [0, 0.1) is 0 Å². The largest absolute Gasteiger partial charge is 0.513 e. The van der Waals surface area contributed by atoms with Gasteiger partial charge in [0.1, 0.15) is 17.8 Å². The molecule has 12 nitrogen and oxygen atoms in total. The number of carbonyl (C=O) groups is 1. The Morgan fingerprint density at radius 2 is 1.83 bits per heavy atom. The van der Waals surface area contributed by atoms with Crippen LogP contribution in [0.5, 0.6) is 0 Å². The van der Waals surface area contributed by atoms with E-state index in [2.05, 4.69) is 49.8 Å². The molecule has 6 rings (SSSR count). The molecule has 3 aliphatic rings. The number of likely N-dealkylation sites (tertiary alicyclic amines) is 2. The van der Waals surface area contributed by atoms with Crippen molar-refractivity contribution in [3.63, 3.8) is 0 Å². The summed E-state index contributed by atoms with van der Waals surface area (Å²) in [5.41, 5.74) is 18.5. The zero-order valence-corrected chi connectivity index (χ0v) is 26.6. The number of rotatable bonds is 9. The molecular weight excluding hydrogens is 606 g/mol. The molecule has 3 aliphatic heterocycles. The summed E-state index contributed by atoms with van der Waals surface area (Å²) in [7, 11) is 3.64. The van der Waals surface area contributed by atoms with Gasteiger partial charge in [-0.05, 0) is 24.6 Å². The number of amides is 1. The van der Waals surface area contributed by atoms with Crippen molar-refractivity contribution >= 4 is 23.1 Å². The van der Waals surface area contributed by atoms with Gasteiger partial charge >= 0.3 is 0 Å². The van der Waals surface area contributed by atoms with Crippen LogP contribution in [0.3, 0.4) is 0 Å². The van der Waals surface area contributed by atoms with E-state index >= 15 is 0 Å². The van der Waals surface area contributed by atoms with Crippen LogP contribution in [0.25, 0.3) is 11.1 Å². The second-order valence-corrected chi connectivity index (χ2v) is 12.1. The lowest BCUT2D eigenvalue weighted by atomic mass is 9.91. The van der Waals surface area contributed by atoms with E-state index in [4.69, 9.17) is 16.6 Å². The average Bonchev–Trinajstić information content (AvgIpc) is 3.64. The van der Waals surface area contributed by atoms with Crippen LogP contribution in [0.15, 0.2) is 71.3 Å². The summed E-state index contributed by atoms with van der Waals surface area (Å²) in [4.78, 5) is 27.0. The second-order valence-electron chi connectivity index (χ2n) is 12.1. The first-order valence-corrected chi connectivity index (χ1v) is 15.6. The number of carbonyl (C=O) groups excluding carboxylic acids is 1.